The lowest BCUT2D eigenvalue weighted by Gasteiger charge is -2.09. The fraction of sp³-hybridized carbons (Fsp3) is 0.353. The van der Waals surface area contributed by atoms with Crippen molar-refractivity contribution in [2.24, 2.45) is 0 Å². The molecule has 0 saturated heterocycles. The Hall–Kier alpha value is -1.64. The molecule has 0 aliphatic rings. The summed E-state index contributed by atoms with van der Waals surface area (Å²) in [4.78, 5) is 11.9. The first-order valence-corrected chi connectivity index (χ1v) is 10.3. The van der Waals surface area contributed by atoms with Crippen LogP contribution in [0.3, 0.4) is 0 Å². The summed E-state index contributed by atoms with van der Waals surface area (Å²) in [5.41, 5.74) is -0.0711. The van der Waals surface area contributed by atoms with Gasteiger partial charge in [-0.05, 0) is 66.0 Å². The summed E-state index contributed by atoms with van der Waals surface area (Å²) in [6, 6.07) is 9.51. The van der Waals surface area contributed by atoms with Crippen LogP contribution >= 0.6 is 15.9 Å². The number of halogens is 1. The van der Waals surface area contributed by atoms with Gasteiger partial charge in [0, 0.05) is 29.8 Å². The quantitative estimate of drug-likeness (QED) is 0.622. The minimum Gasteiger partial charge on any atom is -0.494 e. The fourth-order valence-corrected chi connectivity index (χ4v) is 3.71. The van der Waals surface area contributed by atoms with Crippen LogP contribution in [0.1, 0.15) is 19.8 Å². The van der Waals surface area contributed by atoms with Gasteiger partial charge in [0.1, 0.15) is 5.75 Å². The maximum Gasteiger partial charge on any atom is 0.250 e. The van der Waals surface area contributed by atoms with E-state index in [-0.39, 0.29) is 10.5 Å². The molecule has 1 aromatic carbocycles. The van der Waals surface area contributed by atoms with Crippen molar-refractivity contribution >= 4 is 26.0 Å². The molecule has 0 amide bonds. The number of rotatable bonds is 9. The fourth-order valence-electron chi connectivity index (χ4n) is 2.26. The summed E-state index contributed by atoms with van der Waals surface area (Å²) < 4.78 is 34.8. The summed E-state index contributed by atoms with van der Waals surface area (Å²) in [5, 5.41) is 0. The number of unbranched alkanes of at least 4 members (excludes halogenated alkanes) is 1. The largest absolute Gasteiger partial charge is 0.494 e. The number of nitrogens with one attached hydrogen (secondary N) is 1. The van der Waals surface area contributed by atoms with E-state index >= 15 is 0 Å². The number of hydrogen-bond acceptors (Lipinski definition) is 4. The Morgan fingerprint density at radius 2 is 1.84 bits per heavy atom. The average Bonchev–Trinajstić information content (AvgIpc) is 2.58. The van der Waals surface area contributed by atoms with E-state index in [0.29, 0.717) is 38.3 Å². The number of pyridine rings is 1. The minimum atomic E-state index is -3.53. The van der Waals surface area contributed by atoms with Gasteiger partial charge < -0.3 is 9.30 Å². The summed E-state index contributed by atoms with van der Waals surface area (Å²) in [5.74, 6) is 0.640. The highest BCUT2D eigenvalue weighted by Crippen LogP contribution is 2.15. The van der Waals surface area contributed by atoms with Gasteiger partial charge >= 0.3 is 0 Å². The van der Waals surface area contributed by atoms with Crippen molar-refractivity contribution in [3.63, 3.8) is 0 Å². The Morgan fingerprint density at radius 3 is 2.52 bits per heavy atom. The highest BCUT2D eigenvalue weighted by Gasteiger charge is 2.13. The van der Waals surface area contributed by atoms with Crippen molar-refractivity contribution in [1.29, 1.82) is 0 Å². The average molecular weight is 429 g/mol. The zero-order valence-electron chi connectivity index (χ0n) is 13.9. The third-order valence-corrected chi connectivity index (χ3v) is 5.46. The Morgan fingerprint density at radius 1 is 1.12 bits per heavy atom. The molecule has 1 aromatic heterocycles. The second kappa shape index (κ2) is 9.17. The predicted octanol–water partition coefficient (Wildman–Crippen LogP) is 2.77. The Labute approximate surface area is 156 Å². The summed E-state index contributed by atoms with van der Waals surface area (Å²) in [6.07, 6.45) is 3.06. The van der Waals surface area contributed by atoms with Crippen LogP contribution in [0.5, 0.6) is 5.75 Å². The minimum absolute atomic E-state index is 0.0711. The molecule has 0 unspecified atom stereocenters. The van der Waals surface area contributed by atoms with E-state index < -0.39 is 10.0 Å². The van der Waals surface area contributed by atoms with Gasteiger partial charge in [-0.3, -0.25) is 4.79 Å². The molecule has 1 heterocycles. The van der Waals surface area contributed by atoms with Crippen molar-refractivity contribution in [1.82, 2.24) is 9.29 Å². The molecule has 6 nitrogen and oxygen atoms in total. The van der Waals surface area contributed by atoms with E-state index in [1.807, 2.05) is 6.92 Å². The molecule has 0 aliphatic carbocycles. The van der Waals surface area contributed by atoms with Crippen LogP contribution in [0.4, 0.5) is 0 Å². The van der Waals surface area contributed by atoms with Gasteiger partial charge in [0.2, 0.25) is 10.0 Å². The molecule has 0 spiro atoms. The van der Waals surface area contributed by atoms with Crippen LogP contribution < -0.4 is 15.0 Å². The number of nitrogens with zero attached hydrogens (tertiary/aromatic N) is 1. The van der Waals surface area contributed by atoms with Gasteiger partial charge in [0.05, 0.1) is 11.5 Å². The zero-order valence-corrected chi connectivity index (χ0v) is 16.3. The van der Waals surface area contributed by atoms with E-state index in [2.05, 4.69) is 20.7 Å². The smallest absolute Gasteiger partial charge is 0.250 e. The maximum atomic E-state index is 12.2. The van der Waals surface area contributed by atoms with Crippen molar-refractivity contribution in [3.8, 4) is 5.75 Å². The number of benzene rings is 1. The Balaban J connectivity index is 1.82. The number of ether oxygens (including phenoxy) is 1. The predicted molar refractivity (Wildman–Crippen MR) is 100 cm³/mol. The monoisotopic (exact) mass is 428 g/mol. The lowest BCUT2D eigenvalue weighted by atomic mass is 10.3. The molecular weight excluding hydrogens is 408 g/mol. The molecule has 0 bridgehead atoms. The first-order chi connectivity index (χ1) is 11.9. The molecule has 0 fully saturated rings. The molecule has 2 aromatic rings. The van der Waals surface area contributed by atoms with Gasteiger partial charge in [-0.15, -0.1) is 0 Å². The Bertz CT molecular complexity index is 848. The summed E-state index contributed by atoms with van der Waals surface area (Å²) >= 11 is 3.33. The lowest BCUT2D eigenvalue weighted by Crippen LogP contribution is -2.25. The van der Waals surface area contributed by atoms with Crippen molar-refractivity contribution in [2.45, 2.75) is 31.2 Å². The molecule has 1 N–H and O–H groups in total. The first kappa shape index (κ1) is 19.7. The van der Waals surface area contributed by atoms with Gasteiger partial charge in [-0.25, -0.2) is 13.1 Å². The van der Waals surface area contributed by atoms with Crippen molar-refractivity contribution in [3.05, 3.63) is 57.4 Å². The third-order valence-electron chi connectivity index (χ3n) is 3.51. The first-order valence-electron chi connectivity index (χ1n) is 8.01. The SMILES string of the molecule is CCOc1ccc(S(=O)(=O)NCCCCn2cc(Br)ccc2=O)cc1. The van der Waals surface area contributed by atoms with Crippen LogP contribution in [-0.2, 0) is 16.6 Å². The van der Waals surface area contributed by atoms with E-state index in [1.165, 1.54) is 18.2 Å². The van der Waals surface area contributed by atoms with E-state index in [4.69, 9.17) is 4.74 Å². The molecule has 136 valence electrons. The van der Waals surface area contributed by atoms with Crippen molar-refractivity contribution in [2.75, 3.05) is 13.2 Å². The molecule has 8 heteroatoms. The number of aromatic nitrogens is 1. The number of sulfonamides is 1. The van der Waals surface area contributed by atoms with Crippen LogP contribution in [0, 0.1) is 0 Å². The van der Waals surface area contributed by atoms with Gasteiger partial charge in [-0.1, -0.05) is 0 Å². The topological polar surface area (TPSA) is 77.4 Å². The standard InChI is InChI=1S/C17H21BrN2O4S/c1-2-24-15-6-8-16(9-7-15)25(22,23)19-11-3-4-12-20-13-14(18)5-10-17(20)21/h5-10,13,19H,2-4,11-12H2,1H3. The lowest BCUT2D eigenvalue weighted by molar-refractivity contribution is 0.340. The van der Waals surface area contributed by atoms with Gasteiger partial charge in [0.15, 0.2) is 0 Å². The molecule has 2 rings (SSSR count). The maximum absolute atomic E-state index is 12.2. The van der Waals surface area contributed by atoms with Crippen LogP contribution in [0.15, 0.2) is 56.8 Å². The summed E-state index contributed by atoms with van der Waals surface area (Å²) in [6.45, 7) is 3.27. The van der Waals surface area contributed by atoms with Crippen LogP contribution in [0.25, 0.3) is 0 Å². The molecule has 0 saturated carbocycles. The highest BCUT2D eigenvalue weighted by molar-refractivity contribution is 9.10. The van der Waals surface area contributed by atoms with E-state index in [9.17, 15) is 13.2 Å². The van der Waals surface area contributed by atoms with E-state index in [0.717, 1.165) is 4.47 Å². The molecule has 0 radical (unpaired) electrons. The molecule has 0 atom stereocenters. The zero-order chi connectivity index (χ0) is 18.3. The molecule has 0 aliphatic heterocycles. The molecule has 25 heavy (non-hydrogen) atoms. The number of aryl methyl sites for hydroxylation is 1. The van der Waals surface area contributed by atoms with Crippen LogP contribution in [0.2, 0.25) is 0 Å². The van der Waals surface area contributed by atoms with Gasteiger partial charge in [-0.2, -0.15) is 0 Å². The van der Waals surface area contributed by atoms with Gasteiger partial charge in [0.25, 0.3) is 5.56 Å². The second-order valence-electron chi connectivity index (χ2n) is 5.39. The second-order valence-corrected chi connectivity index (χ2v) is 8.07. The third kappa shape index (κ3) is 5.98. The summed E-state index contributed by atoms with van der Waals surface area (Å²) in [7, 11) is -3.53. The van der Waals surface area contributed by atoms with Crippen LogP contribution in [-0.4, -0.2) is 26.1 Å². The highest BCUT2D eigenvalue weighted by atomic mass is 79.9. The Kier molecular flexibility index (Phi) is 7.22. The number of hydrogen-bond donors (Lipinski definition) is 1. The normalized spacial score (nSPS) is 11.4. The van der Waals surface area contributed by atoms with Crippen molar-refractivity contribution < 1.29 is 13.2 Å². The molecular formula is C17H21BrN2O4S. The van der Waals surface area contributed by atoms with E-state index in [1.54, 1.807) is 29.0 Å².